The van der Waals surface area contributed by atoms with E-state index in [9.17, 15) is 9.18 Å². The number of carbonyl (C=O) groups is 1. The highest BCUT2D eigenvalue weighted by Crippen LogP contribution is 2.25. The highest BCUT2D eigenvalue weighted by Gasteiger charge is 2.26. The van der Waals surface area contributed by atoms with E-state index in [4.69, 9.17) is 4.74 Å². The zero-order valence-electron chi connectivity index (χ0n) is 17.6. The second kappa shape index (κ2) is 9.47. The maximum absolute atomic E-state index is 13.3. The van der Waals surface area contributed by atoms with Crippen LogP contribution < -0.4 is 10.1 Å². The molecule has 0 radical (unpaired) electrons. The Kier molecular flexibility index (Phi) is 6.53. The molecule has 1 fully saturated rings. The number of likely N-dealkylation sites (N-methyl/N-ethyl adjacent to an activating group) is 1. The Morgan fingerprint density at radius 3 is 2.77 bits per heavy atom. The minimum absolute atomic E-state index is 0.0893. The van der Waals surface area contributed by atoms with Crippen LogP contribution in [0, 0.1) is 5.82 Å². The van der Waals surface area contributed by atoms with E-state index in [0.29, 0.717) is 25.7 Å². The second-order valence-corrected chi connectivity index (χ2v) is 8.34. The zero-order chi connectivity index (χ0) is 20.9. The number of likely N-dealkylation sites (tertiary alicyclic amines) is 1. The van der Waals surface area contributed by atoms with Crippen LogP contribution in [0.1, 0.15) is 36.0 Å². The number of hydrogen-bond acceptors (Lipinski definition) is 3. The molecule has 1 N–H and O–H groups in total. The largest absolute Gasteiger partial charge is 0.493 e. The van der Waals surface area contributed by atoms with Gasteiger partial charge in [0.2, 0.25) is 0 Å². The number of halogens is 1. The Morgan fingerprint density at radius 1 is 1.20 bits per heavy atom. The molecular formula is C24H30FN3O2. The first-order valence-corrected chi connectivity index (χ1v) is 10.8. The molecule has 160 valence electrons. The third kappa shape index (κ3) is 5.11. The van der Waals surface area contributed by atoms with Gasteiger partial charge < -0.3 is 19.9 Å². The Hall–Kier alpha value is -2.60. The second-order valence-electron chi connectivity index (χ2n) is 8.34. The van der Waals surface area contributed by atoms with E-state index < -0.39 is 0 Å². The number of ether oxygens (including phenoxy) is 1. The number of urea groups is 1. The molecule has 0 spiro atoms. The number of carbonyl (C=O) groups excluding carboxylic acids is 1. The molecule has 0 aromatic heterocycles. The first kappa shape index (κ1) is 20.7. The molecule has 1 saturated heterocycles. The molecule has 2 aromatic rings. The number of benzene rings is 2. The molecule has 2 aromatic carbocycles. The number of amides is 2. The lowest BCUT2D eigenvalue weighted by atomic mass is 10.0. The van der Waals surface area contributed by atoms with Crippen LogP contribution in [0.4, 0.5) is 9.18 Å². The Morgan fingerprint density at radius 2 is 2.00 bits per heavy atom. The Labute approximate surface area is 177 Å². The van der Waals surface area contributed by atoms with E-state index in [1.54, 1.807) is 12.1 Å². The van der Waals surface area contributed by atoms with E-state index in [1.807, 2.05) is 17.0 Å². The maximum atomic E-state index is 13.3. The molecule has 0 aliphatic carbocycles. The number of fused-ring (bicyclic) bond motifs is 1. The van der Waals surface area contributed by atoms with Crippen LogP contribution in [0.25, 0.3) is 0 Å². The van der Waals surface area contributed by atoms with Gasteiger partial charge in [-0.25, -0.2) is 9.18 Å². The molecule has 2 heterocycles. The van der Waals surface area contributed by atoms with E-state index in [0.717, 1.165) is 55.7 Å². The van der Waals surface area contributed by atoms with Crippen molar-refractivity contribution in [1.29, 1.82) is 0 Å². The average molecular weight is 412 g/mol. The quantitative estimate of drug-likeness (QED) is 0.783. The van der Waals surface area contributed by atoms with Gasteiger partial charge in [-0.1, -0.05) is 24.3 Å². The Balaban J connectivity index is 1.42. The molecule has 30 heavy (non-hydrogen) atoms. The molecule has 2 amide bonds. The van der Waals surface area contributed by atoms with E-state index >= 15 is 0 Å². The van der Waals surface area contributed by atoms with Crippen molar-refractivity contribution < 1.29 is 13.9 Å². The van der Waals surface area contributed by atoms with Crippen molar-refractivity contribution in [2.75, 3.05) is 26.7 Å². The van der Waals surface area contributed by atoms with Crippen molar-refractivity contribution >= 4 is 6.03 Å². The van der Waals surface area contributed by atoms with Crippen molar-refractivity contribution in [3.8, 4) is 5.75 Å². The van der Waals surface area contributed by atoms with Gasteiger partial charge in [-0.05, 0) is 74.2 Å². The number of aryl methyl sites for hydroxylation is 1. The molecule has 0 saturated carbocycles. The van der Waals surface area contributed by atoms with E-state index in [1.165, 1.54) is 17.7 Å². The zero-order valence-corrected chi connectivity index (χ0v) is 17.6. The topological polar surface area (TPSA) is 44.8 Å². The molecule has 2 aliphatic rings. The molecule has 0 bridgehead atoms. The predicted molar refractivity (Wildman–Crippen MR) is 115 cm³/mol. The van der Waals surface area contributed by atoms with Crippen molar-refractivity contribution in [3.63, 3.8) is 0 Å². The van der Waals surface area contributed by atoms with Gasteiger partial charge in [0.05, 0.1) is 6.61 Å². The van der Waals surface area contributed by atoms with Gasteiger partial charge in [0.25, 0.3) is 0 Å². The molecule has 2 aliphatic heterocycles. The third-order valence-corrected chi connectivity index (χ3v) is 6.09. The van der Waals surface area contributed by atoms with Crippen LogP contribution in [-0.2, 0) is 19.5 Å². The lowest BCUT2D eigenvalue weighted by Gasteiger charge is -2.29. The van der Waals surface area contributed by atoms with Gasteiger partial charge in [-0.3, -0.25) is 0 Å². The summed E-state index contributed by atoms with van der Waals surface area (Å²) >= 11 is 0. The summed E-state index contributed by atoms with van der Waals surface area (Å²) in [5.41, 5.74) is 3.22. The highest BCUT2D eigenvalue weighted by atomic mass is 19.1. The van der Waals surface area contributed by atoms with Gasteiger partial charge in [0.15, 0.2) is 0 Å². The summed E-state index contributed by atoms with van der Waals surface area (Å²) in [6, 6.07) is 12.8. The third-order valence-electron chi connectivity index (χ3n) is 6.09. The lowest BCUT2D eigenvalue weighted by Crippen LogP contribution is -2.45. The van der Waals surface area contributed by atoms with Crippen molar-refractivity contribution in [2.45, 2.75) is 44.8 Å². The molecule has 0 unspecified atom stereocenters. The first-order valence-electron chi connectivity index (χ1n) is 10.8. The predicted octanol–water partition coefficient (Wildman–Crippen LogP) is 3.96. The summed E-state index contributed by atoms with van der Waals surface area (Å²) in [4.78, 5) is 17.2. The fourth-order valence-corrected chi connectivity index (χ4v) is 4.31. The lowest BCUT2D eigenvalue weighted by molar-refractivity contribution is 0.172. The van der Waals surface area contributed by atoms with Gasteiger partial charge in [0.1, 0.15) is 11.6 Å². The molecule has 4 rings (SSSR count). The van der Waals surface area contributed by atoms with Gasteiger partial charge in [0, 0.05) is 25.7 Å². The number of nitrogens with one attached hydrogen (secondary N) is 1. The Bertz CT molecular complexity index is 871. The van der Waals surface area contributed by atoms with Crippen LogP contribution in [-0.4, -0.2) is 48.6 Å². The van der Waals surface area contributed by atoms with Gasteiger partial charge >= 0.3 is 6.03 Å². The summed E-state index contributed by atoms with van der Waals surface area (Å²) in [6.45, 7) is 3.45. The molecule has 6 heteroatoms. The van der Waals surface area contributed by atoms with Crippen LogP contribution in [0.15, 0.2) is 42.5 Å². The average Bonchev–Trinajstić information content (AvgIpc) is 3.17. The number of hydrogen-bond donors (Lipinski definition) is 1. The standard InChI is InChI=1S/C24H30FN3O2/c1-27-12-2-5-22(27)17-28(16-18-6-9-21(25)10-7-18)24(29)26-15-19-8-11-23-20(14-19)4-3-13-30-23/h6-11,14,22H,2-5,12-13,15-17H2,1H3,(H,26,29)/t22-/m1/s1. The molecular weight excluding hydrogens is 381 g/mol. The molecule has 1 atom stereocenters. The van der Waals surface area contributed by atoms with Gasteiger partial charge in [-0.2, -0.15) is 0 Å². The van der Waals surface area contributed by atoms with Crippen molar-refractivity contribution in [3.05, 3.63) is 65.0 Å². The van der Waals surface area contributed by atoms with Crippen LogP contribution in [0.5, 0.6) is 5.75 Å². The minimum Gasteiger partial charge on any atom is -0.493 e. The SMILES string of the molecule is CN1CCC[C@@H]1CN(Cc1ccc(F)cc1)C(=O)NCc1ccc2c(c1)CCCO2. The summed E-state index contributed by atoms with van der Waals surface area (Å²) in [6.07, 6.45) is 4.30. The van der Waals surface area contributed by atoms with Crippen LogP contribution in [0.2, 0.25) is 0 Å². The van der Waals surface area contributed by atoms with Crippen molar-refractivity contribution in [1.82, 2.24) is 15.1 Å². The van der Waals surface area contributed by atoms with Gasteiger partial charge in [-0.15, -0.1) is 0 Å². The number of nitrogens with zero attached hydrogens (tertiary/aromatic N) is 2. The maximum Gasteiger partial charge on any atom is 0.318 e. The summed E-state index contributed by atoms with van der Waals surface area (Å²) in [5, 5.41) is 3.08. The fraction of sp³-hybridized carbons (Fsp3) is 0.458. The monoisotopic (exact) mass is 411 g/mol. The first-order chi connectivity index (χ1) is 14.6. The highest BCUT2D eigenvalue weighted by molar-refractivity contribution is 5.74. The summed E-state index contributed by atoms with van der Waals surface area (Å²) in [7, 11) is 2.11. The minimum atomic E-state index is -0.262. The van der Waals surface area contributed by atoms with E-state index in [-0.39, 0.29) is 11.8 Å². The normalized spacial score (nSPS) is 18.5. The summed E-state index contributed by atoms with van der Waals surface area (Å²) < 4.78 is 19.0. The summed E-state index contributed by atoms with van der Waals surface area (Å²) in [5.74, 6) is 0.695. The van der Waals surface area contributed by atoms with Crippen LogP contribution in [0.3, 0.4) is 0 Å². The van der Waals surface area contributed by atoms with Crippen molar-refractivity contribution in [2.24, 2.45) is 0 Å². The molecule has 5 nitrogen and oxygen atoms in total. The fourth-order valence-electron chi connectivity index (χ4n) is 4.31. The smallest absolute Gasteiger partial charge is 0.318 e. The number of rotatable bonds is 6. The van der Waals surface area contributed by atoms with Crippen LogP contribution >= 0.6 is 0 Å². The van der Waals surface area contributed by atoms with E-state index in [2.05, 4.69) is 23.3 Å².